The van der Waals surface area contributed by atoms with Gasteiger partial charge in [0.25, 0.3) is 10.0 Å². The zero-order valence-corrected chi connectivity index (χ0v) is 12.6. The summed E-state index contributed by atoms with van der Waals surface area (Å²) in [5, 5.41) is 12.0. The first kappa shape index (κ1) is 14.9. The molecule has 0 spiro atoms. The Labute approximate surface area is 124 Å². The van der Waals surface area contributed by atoms with E-state index in [1.54, 1.807) is 49.5 Å². The molecule has 2 aromatic rings. The van der Waals surface area contributed by atoms with Crippen molar-refractivity contribution in [1.29, 1.82) is 5.26 Å². The topological polar surface area (TPSA) is 73.2 Å². The SMILES string of the molecule is CNc1ccccc1S(=O)(=O)N(C)c1ccccc1C#N. The van der Waals surface area contributed by atoms with Crippen molar-refractivity contribution in [3.05, 3.63) is 54.1 Å². The standard InChI is InChI=1S/C15H15N3O2S/c1-17-13-8-4-6-10-15(13)21(19,20)18(2)14-9-5-3-7-12(14)11-16/h3-10,17H,1-2H3. The summed E-state index contributed by atoms with van der Waals surface area (Å²) in [6.07, 6.45) is 0. The highest BCUT2D eigenvalue weighted by atomic mass is 32.2. The summed E-state index contributed by atoms with van der Waals surface area (Å²) in [6, 6.07) is 15.3. The molecule has 6 heteroatoms. The minimum atomic E-state index is -3.75. The predicted octanol–water partition coefficient (Wildman–Crippen LogP) is 2.43. The number of nitrogens with one attached hydrogen (secondary N) is 1. The molecule has 0 saturated carbocycles. The van der Waals surface area contributed by atoms with E-state index < -0.39 is 10.0 Å². The first-order valence-electron chi connectivity index (χ1n) is 6.27. The average molecular weight is 301 g/mol. The summed E-state index contributed by atoms with van der Waals surface area (Å²) >= 11 is 0. The summed E-state index contributed by atoms with van der Waals surface area (Å²) < 4.78 is 26.6. The second-order valence-electron chi connectivity index (χ2n) is 4.35. The Morgan fingerprint density at radius 2 is 1.71 bits per heavy atom. The highest BCUT2D eigenvalue weighted by Gasteiger charge is 2.25. The van der Waals surface area contributed by atoms with E-state index in [-0.39, 0.29) is 4.90 Å². The number of rotatable bonds is 4. The Morgan fingerprint density at radius 1 is 1.10 bits per heavy atom. The fraction of sp³-hybridized carbons (Fsp3) is 0.133. The first-order valence-corrected chi connectivity index (χ1v) is 7.71. The van der Waals surface area contributed by atoms with Crippen LogP contribution >= 0.6 is 0 Å². The van der Waals surface area contributed by atoms with Crippen LogP contribution in [0.15, 0.2) is 53.4 Å². The van der Waals surface area contributed by atoms with Crippen molar-refractivity contribution in [3.8, 4) is 6.07 Å². The van der Waals surface area contributed by atoms with E-state index in [4.69, 9.17) is 5.26 Å². The minimum Gasteiger partial charge on any atom is -0.387 e. The van der Waals surface area contributed by atoms with Crippen LogP contribution in [0.4, 0.5) is 11.4 Å². The lowest BCUT2D eigenvalue weighted by molar-refractivity contribution is 0.594. The Balaban J connectivity index is 2.56. The smallest absolute Gasteiger partial charge is 0.266 e. The van der Waals surface area contributed by atoms with Crippen molar-refractivity contribution in [2.24, 2.45) is 0 Å². The molecule has 5 nitrogen and oxygen atoms in total. The number of hydrogen-bond donors (Lipinski definition) is 1. The normalized spacial score (nSPS) is 10.7. The summed E-state index contributed by atoms with van der Waals surface area (Å²) in [7, 11) is -0.641. The molecule has 2 rings (SSSR count). The molecule has 0 aliphatic heterocycles. The van der Waals surface area contributed by atoms with Crippen molar-refractivity contribution in [1.82, 2.24) is 0 Å². The Hall–Kier alpha value is -2.52. The molecule has 2 aromatic carbocycles. The molecular weight excluding hydrogens is 286 g/mol. The summed E-state index contributed by atoms with van der Waals surface area (Å²) in [4.78, 5) is 0.169. The van der Waals surface area contributed by atoms with Crippen molar-refractivity contribution in [2.75, 3.05) is 23.7 Å². The van der Waals surface area contributed by atoms with Crippen LogP contribution in [0.5, 0.6) is 0 Å². The van der Waals surface area contributed by atoms with Gasteiger partial charge in [-0.1, -0.05) is 24.3 Å². The molecule has 0 aliphatic rings. The van der Waals surface area contributed by atoms with Gasteiger partial charge < -0.3 is 5.32 Å². The molecule has 1 N–H and O–H groups in total. The highest BCUT2D eigenvalue weighted by Crippen LogP contribution is 2.28. The van der Waals surface area contributed by atoms with Gasteiger partial charge in [0.2, 0.25) is 0 Å². The number of para-hydroxylation sites is 2. The van der Waals surface area contributed by atoms with Crippen LogP contribution < -0.4 is 9.62 Å². The zero-order chi connectivity index (χ0) is 15.5. The molecular formula is C15H15N3O2S. The summed E-state index contributed by atoms with van der Waals surface area (Å²) in [5.41, 5.74) is 1.18. The first-order chi connectivity index (χ1) is 10.0. The Morgan fingerprint density at radius 3 is 2.38 bits per heavy atom. The highest BCUT2D eigenvalue weighted by molar-refractivity contribution is 7.93. The van der Waals surface area contributed by atoms with Gasteiger partial charge in [-0.3, -0.25) is 4.31 Å². The van der Waals surface area contributed by atoms with Gasteiger partial charge in [-0.25, -0.2) is 8.42 Å². The molecule has 0 radical (unpaired) electrons. The molecule has 0 aromatic heterocycles. The van der Waals surface area contributed by atoms with Crippen molar-refractivity contribution in [2.45, 2.75) is 4.90 Å². The van der Waals surface area contributed by atoms with Crippen LogP contribution in [0.2, 0.25) is 0 Å². The van der Waals surface area contributed by atoms with E-state index in [0.717, 1.165) is 4.31 Å². The third kappa shape index (κ3) is 2.69. The number of hydrogen-bond acceptors (Lipinski definition) is 4. The monoisotopic (exact) mass is 301 g/mol. The molecule has 0 amide bonds. The van der Waals surface area contributed by atoms with Gasteiger partial charge in [0.1, 0.15) is 11.0 Å². The zero-order valence-electron chi connectivity index (χ0n) is 11.7. The maximum Gasteiger partial charge on any atom is 0.266 e. The number of sulfonamides is 1. The van der Waals surface area contributed by atoms with Gasteiger partial charge in [-0.2, -0.15) is 5.26 Å². The average Bonchev–Trinajstić information content (AvgIpc) is 2.53. The fourth-order valence-corrected chi connectivity index (χ4v) is 3.43. The van der Waals surface area contributed by atoms with Crippen LogP contribution in [0.3, 0.4) is 0 Å². The molecule has 0 unspecified atom stereocenters. The summed E-state index contributed by atoms with van der Waals surface area (Å²) in [5.74, 6) is 0. The lowest BCUT2D eigenvalue weighted by atomic mass is 10.2. The molecule has 0 aliphatic carbocycles. The van der Waals surface area contributed by atoms with Gasteiger partial charge in [-0.15, -0.1) is 0 Å². The molecule has 0 atom stereocenters. The third-order valence-electron chi connectivity index (χ3n) is 3.16. The second-order valence-corrected chi connectivity index (χ2v) is 6.29. The maximum absolute atomic E-state index is 12.8. The number of nitrogens with zero attached hydrogens (tertiary/aromatic N) is 2. The number of anilines is 2. The molecule has 0 bridgehead atoms. The quantitative estimate of drug-likeness (QED) is 0.941. The van der Waals surface area contributed by atoms with Crippen LogP contribution in [0.1, 0.15) is 5.56 Å². The lowest BCUT2D eigenvalue weighted by Crippen LogP contribution is -2.27. The predicted molar refractivity (Wildman–Crippen MR) is 82.7 cm³/mol. The van der Waals surface area contributed by atoms with Crippen molar-refractivity contribution < 1.29 is 8.42 Å². The van der Waals surface area contributed by atoms with Gasteiger partial charge in [0.15, 0.2) is 0 Å². The lowest BCUT2D eigenvalue weighted by Gasteiger charge is -2.22. The second kappa shape index (κ2) is 5.85. The van der Waals surface area contributed by atoms with Crippen LogP contribution in [0.25, 0.3) is 0 Å². The van der Waals surface area contributed by atoms with Gasteiger partial charge in [0.05, 0.1) is 16.9 Å². The Kier molecular flexibility index (Phi) is 4.15. The van der Waals surface area contributed by atoms with Crippen molar-refractivity contribution >= 4 is 21.4 Å². The van der Waals surface area contributed by atoms with Gasteiger partial charge in [0, 0.05) is 14.1 Å². The maximum atomic E-state index is 12.8. The fourth-order valence-electron chi connectivity index (χ4n) is 2.02. The molecule has 0 heterocycles. The van der Waals surface area contributed by atoms with Crippen LogP contribution in [-0.4, -0.2) is 22.5 Å². The molecule has 21 heavy (non-hydrogen) atoms. The van der Waals surface area contributed by atoms with E-state index in [0.29, 0.717) is 16.9 Å². The molecule has 108 valence electrons. The largest absolute Gasteiger partial charge is 0.387 e. The van der Waals surface area contributed by atoms with E-state index in [9.17, 15) is 8.42 Å². The van der Waals surface area contributed by atoms with Crippen molar-refractivity contribution in [3.63, 3.8) is 0 Å². The number of nitriles is 1. The van der Waals surface area contributed by atoms with E-state index >= 15 is 0 Å². The Bertz CT molecular complexity index is 795. The third-order valence-corrected chi connectivity index (χ3v) is 4.99. The van der Waals surface area contributed by atoms with E-state index in [1.807, 2.05) is 6.07 Å². The van der Waals surface area contributed by atoms with Gasteiger partial charge >= 0.3 is 0 Å². The van der Waals surface area contributed by atoms with E-state index in [2.05, 4.69) is 5.32 Å². The number of benzene rings is 2. The van der Waals surface area contributed by atoms with Gasteiger partial charge in [-0.05, 0) is 24.3 Å². The minimum absolute atomic E-state index is 0.169. The summed E-state index contributed by atoms with van der Waals surface area (Å²) in [6.45, 7) is 0. The van der Waals surface area contributed by atoms with Crippen LogP contribution in [-0.2, 0) is 10.0 Å². The van der Waals surface area contributed by atoms with E-state index in [1.165, 1.54) is 13.1 Å². The molecule has 0 saturated heterocycles. The molecule has 0 fully saturated rings. The van der Waals surface area contributed by atoms with Crippen LogP contribution in [0, 0.1) is 11.3 Å².